The summed E-state index contributed by atoms with van der Waals surface area (Å²) in [5.74, 6) is 2.77. The van der Waals surface area contributed by atoms with Crippen molar-refractivity contribution in [3.8, 4) is 0 Å². The first-order valence-corrected chi connectivity index (χ1v) is 10.4. The molecule has 4 heteroatoms. The van der Waals surface area contributed by atoms with E-state index in [1.165, 1.54) is 31.2 Å². The summed E-state index contributed by atoms with van der Waals surface area (Å²) in [6.07, 6.45) is 8.47. The summed E-state index contributed by atoms with van der Waals surface area (Å²) >= 11 is 5.96. The maximum absolute atomic E-state index is 12.4. The Kier molecular flexibility index (Phi) is 5.33. The predicted molar refractivity (Wildman–Crippen MR) is 101 cm³/mol. The van der Waals surface area contributed by atoms with Crippen LogP contribution in [0.15, 0.2) is 24.3 Å². The first-order chi connectivity index (χ1) is 12.2. The molecular weight excluding hydrogens is 332 g/mol. The topological polar surface area (TPSA) is 33.5 Å². The van der Waals surface area contributed by atoms with Crippen molar-refractivity contribution in [1.29, 1.82) is 0 Å². The van der Waals surface area contributed by atoms with Crippen LogP contribution in [0.4, 0.5) is 0 Å². The molecule has 1 aromatic rings. The van der Waals surface area contributed by atoms with E-state index < -0.39 is 0 Å². The number of hydrogen-bond acceptors (Lipinski definition) is 1. The van der Waals surface area contributed by atoms with E-state index in [9.17, 15) is 4.79 Å². The molecule has 2 N–H and O–H groups in total. The van der Waals surface area contributed by atoms with Crippen LogP contribution in [-0.2, 0) is 11.3 Å². The van der Waals surface area contributed by atoms with E-state index in [0.717, 1.165) is 55.8 Å². The first kappa shape index (κ1) is 17.4. The van der Waals surface area contributed by atoms with Gasteiger partial charge in [-0.05, 0) is 49.1 Å². The van der Waals surface area contributed by atoms with E-state index in [2.05, 4.69) is 17.4 Å². The molecular formula is C21H30ClN2O+. The van der Waals surface area contributed by atoms with Crippen LogP contribution < -0.4 is 10.2 Å². The number of hydrogen-bond donors (Lipinski definition) is 2. The van der Waals surface area contributed by atoms with Crippen molar-refractivity contribution in [2.75, 3.05) is 13.1 Å². The van der Waals surface area contributed by atoms with Crippen molar-refractivity contribution < 1.29 is 9.69 Å². The summed E-state index contributed by atoms with van der Waals surface area (Å²) in [4.78, 5) is 14.0. The van der Waals surface area contributed by atoms with Gasteiger partial charge in [0.05, 0.1) is 13.1 Å². The van der Waals surface area contributed by atoms with Crippen molar-refractivity contribution in [2.45, 2.75) is 57.5 Å². The minimum absolute atomic E-state index is 0.309. The van der Waals surface area contributed by atoms with E-state index in [4.69, 9.17) is 11.6 Å². The smallest absolute Gasteiger partial charge is 0.220 e. The third-order valence-corrected chi connectivity index (χ3v) is 7.01. The third kappa shape index (κ3) is 4.38. The van der Waals surface area contributed by atoms with Gasteiger partial charge in [-0.25, -0.2) is 0 Å². The zero-order valence-corrected chi connectivity index (χ0v) is 15.7. The molecule has 0 spiro atoms. The SMILES string of the molecule is O=C(C[C@H]1C[C@@H]2CC[C@@H]1C2)NC1CC[NH+](Cc2ccc(Cl)cc2)CC1. The molecule has 3 atom stereocenters. The number of halogens is 1. The maximum Gasteiger partial charge on any atom is 0.220 e. The molecule has 136 valence electrons. The molecule has 25 heavy (non-hydrogen) atoms. The molecule has 3 nitrogen and oxygen atoms in total. The molecule has 1 aliphatic heterocycles. The Morgan fingerprint density at radius 1 is 1.08 bits per heavy atom. The minimum atomic E-state index is 0.309. The van der Waals surface area contributed by atoms with Crippen LogP contribution >= 0.6 is 11.6 Å². The molecule has 3 aliphatic rings. The lowest BCUT2D eigenvalue weighted by atomic mass is 9.86. The van der Waals surface area contributed by atoms with E-state index >= 15 is 0 Å². The Hall–Kier alpha value is -1.06. The molecule has 3 fully saturated rings. The van der Waals surface area contributed by atoms with E-state index in [-0.39, 0.29) is 0 Å². The number of carbonyl (C=O) groups excluding carboxylic acids is 1. The summed E-state index contributed by atoms with van der Waals surface area (Å²) in [6, 6.07) is 8.58. The number of nitrogens with one attached hydrogen (secondary N) is 2. The number of piperidine rings is 1. The summed E-state index contributed by atoms with van der Waals surface area (Å²) < 4.78 is 0. The van der Waals surface area contributed by atoms with Gasteiger partial charge < -0.3 is 10.2 Å². The van der Waals surface area contributed by atoms with Gasteiger partial charge in [0.2, 0.25) is 5.91 Å². The minimum Gasteiger partial charge on any atom is -0.353 e. The van der Waals surface area contributed by atoms with Crippen molar-refractivity contribution >= 4 is 17.5 Å². The van der Waals surface area contributed by atoms with Gasteiger partial charge in [-0.3, -0.25) is 4.79 Å². The van der Waals surface area contributed by atoms with Gasteiger partial charge in [0.25, 0.3) is 0 Å². The quantitative estimate of drug-likeness (QED) is 0.830. The third-order valence-electron chi connectivity index (χ3n) is 6.76. The van der Waals surface area contributed by atoms with Gasteiger partial charge >= 0.3 is 0 Å². The monoisotopic (exact) mass is 361 g/mol. The van der Waals surface area contributed by atoms with Crippen molar-refractivity contribution in [3.63, 3.8) is 0 Å². The lowest BCUT2D eigenvalue weighted by Gasteiger charge is -2.30. The Balaban J connectivity index is 1.18. The number of carbonyl (C=O) groups is 1. The largest absolute Gasteiger partial charge is 0.353 e. The number of rotatable bonds is 5. The van der Waals surface area contributed by atoms with Crippen LogP contribution in [0, 0.1) is 17.8 Å². The van der Waals surface area contributed by atoms with E-state index in [1.54, 1.807) is 4.90 Å². The Bertz CT molecular complexity index is 594. The number of amides is 1. The maximum atomic E-state index is 12.4. The highest BCUT2D eigenvalue weighted by atomic mass is 35.5. The van der Waals surface area contributed by atoms with E-state index in [1.807, 2.05) is 12.1 Å². The van der Waals surface area contributed by atoms with Gasteiger partial charge in [-0.2, -0.15) is 0 Å². The van der Waals surface area contributed by atoms with Crippen LogP contribution in [0.3, 0.4) is 0 Å². The highest BCUT2D eigenvalue weighted by Gasteiger charge is 2.40. The molecule has 1 amide bonds. The molecule has 2 saturated carbocycles. The van der Waals surface area contributed by atoms with Crippen LogP contribution in [0.1, 0.15) is 50.5 Å². The molecule has 2 aliphatic carbocycles. The van der Waals surface area contributed by atoms with Crippen LogP contribution in [0.5, 0.6) is 0 Å². The normalized spacial score (nSPS) is 34.2. The highest BCUT2D eigenvalue weighted by molar-refractivity contribution is 6.30. The first-order valence-electron chi connectivity index (χ1n) is 10.0. The van der Waals surface area contributed by atoms with Gasteiger partial charge in [-0.15, -0.1) is 0 Å². The fourth-order valence-corrected chi connectivity index (χ4v) is 5.52. The molecule has 1 heterocycles. The molecule has 0 radical (unpaired) electrons. The molecule has 2 bridgehead atoms. The average Bonchev–Trinajstić information content (AvgIpc) is 3.21. The average molecular weight is 362 g/mol. The summed E-state index contributed by atoms with van der Waals surface area (Å²) in [5, 5.41) is 4.13. The Labute approximate surface area is 156 Å². The molecule has 1 saturated heterocycles. The number of benzene rings is 1. The lowest BCUT2D eigenvalue weighted by molar-refractivity contribution is -0.918. The van der Waals surface area contributed by atoms with Gasteiger partial charge in [0.1, 0.15) is 6.54 Å². The van der Waals surface area contributed by atoms with Crippen LogP contribution in [0.2, 0.25) is 5.02 Å². The molecule has 4 rings (SSSR count). The van der Waals surface area contributed by atoms with E-state index in [0.29, 0.717) is 17.9 Å². The summed E-state index contributed by atoms with van der Waals surface area (Å²) in [7, 11) is 0. The molecule has 0 unspecified atom stereocenters. The predicted octanol–water partition coefficient (Wildman–Crippen LogP) is 2.83. The Morgan fingerprint density at radius 3 is 2.48 bits per heavy atom. The summed E-state index contributed by atoms with van der Waals surface area (Å²) in [6.45, 7) is 3.34. The van der Waals surface area contributed by atoms with Crippen molar-refractivity contribution in [1.82, 2.24) is 5.32 Å². The van der Waals surface area contributed by atoms with Gasteiger partial charge in [0, 0.05) is 35.9 Å². The molecule has 1 aromatic carbocycles. The second-order valence-electron chi connectivity index (χ2n) is 8.53. The number of fused-ring (bicyclic) bond motifs is 2. The zero-order valence-electron chi connectivity index (χ0n) is 15.0. The summed E-state index contributed by atoms with van der Waals surface area (Å²) in [5.41, 5.74) is 1.35. The lowest BCUT2D eigenvalue weighted by Crippen LogP contribution is -3.12. The van der Waals surface area contributed by atoms with Gasteiger partial charge in [0.15, 0.2) is 0 Å². The second-order valence-corrected chi connectivity index (χ2v) is 8.97. The van der Waals surface area contributed by atoms with Gasteiger partial charge in [-0.1, -0.05) is 30.2 Å². The van der Waals surface area contributed by atoms with Crippen molar-refractivity contribution in [3.05, 3.63) is 34.9 Å². The fourth-order valence-electron chi connectivity index (χ4n) is 5.39. The van der Waals surface area contributed by atoms with Crippen LogP contribution in [0.25, 0.3) is 0 Å². The van der Waals surface area contributed by atoms with Crippen molar-refractivity contribution in [2.24, 2.45) is 17.8 Å². The fraction of sp³-hybridized carbons (Fsp3) is 0.667. The number of likely N-dealkylation sites (tertiary alicyclic amines) is 1. The number of quaternary nitrogens is 1. The zero-order chi connectivity index (χ0) is 17.2. The second kappa shape index (κ2) is 7.67. The molecule has 0 aromatic heterocycles. The van der Waals surface area contributed by atoms with Crippen LogP contribution in [-0.4, -0.2) is 25.0 Å². The Morgan fingerprint density at radius 2 is 1.84 bits per heavy atom. The highest BCUT2D eigenvalue weighted by Crippen LogP contribution is 2.49. The standard InChI is InChI=1S/C21H29ClN2O/c22-19-5-2-15(3-6-19)14-24-9-7-20(8-10-24)23-21(25)13-18-12-16-1-4-17(18)11-16/h2-3,5-6,16-18,20H,1,4,7-14H2,(H,23,25)/p+1/t16-,17-,18-/m1/s1.